The van der Waals surface area contributed by atoms with Crippen molar-refractivity contribution in [1.82, 2.24) is 19.6 Å². The molecule has 0 bridgehead atoms. The minimum atomic E-state index is 0.689. The normalized spacial score (nSPS) is 11.3. The number of aromatic nitrogens is 4. The summed E-state index contributed by atoms with van der Waals surface area (Å²) in [6, 6.07) is 72.0. The van der Waals surface area contributed by atoms with E-state index in [0.29, 0.717) is 5.82 Å². The fourth-order valence-corrected chi connectivity index (χ4v) is 7.61. The second-order valence-corrected chi connectivity index (χ2v) is 13.7. The third kappa shape index (κ3) is 5.96. The summed E-state index contributed by atoms with van der Waals surface area (Å²) in [6.07, 6.45) is 0. The summed E-state index contributed by atoms with van der Waals surface area (Å²) in [5, 5.41) is 7.74. The molecule has 0 atom stereocenters. The molecule has 4 nitrogen and oxygen atoms in total. The first kappa shape index (κ1) is 32.2. The molecular formula is C51H34N4. The molecule has 7 aromatic carbocycles. The van der Waals surface area contributed by atoms with Crippen LogP contribution in [-0.2, 0) is 0 Å². The maximum Gasteiger partial charge on any atom is 0.160 e. The van der Waals surface area contributed by atoms with Crippen LogP contribution in [0.3, 0.4) is 0 Å². The zero-order valence-corrected chi connectivity index (χ0v) is 29.9. The number of fused-ring (bicyclic) bond motifs is 3. The summed E-state index contributed by atoms with van der Waals surface area (Å²) >= 11 is 0. The van der Waals surface area contributed by atoms with Gasteiger partial charge in [-0.25, -0.2) is 14.5 Å². The molecule has 3 heterocycles. The topological polar surface area (TPSA) is 43.1 Å². The van der Waals surface area contributed by atoms with E-state index in [1.165, 1.54) is 0 Å². The van der Waals surface area contributed by atoms with Crippen LogP contribution in [0.25, 0.3) is 95.0 Å². The Balaban J connectivity index is 1.19. The Morgan fingerprint density at radius 1 is 0.364 bits per heavy atom. The van der Waals surface area contributed by atoms with Crippen LogP contribution >= 0.6 is 0 Å². The molecular weight excluding hydrogens is 669 g/mol. The zero-order chi connectivity index (χ0) is 36.6. The third-order valence-corrected chi connectivity index (χ3v) is 10.2. The fraction of sp³-hybridized carbons (Fsp3) is 0. The number of pyridine rings is 1. The Labute approximate surface area is 319 Å². The summed E-state index contributed by atoms with van der Waals surface area (Å²) in [5.41, 5.74) is 14.6. The summed E-state index contributed by atoms with van der Waals surface area (Å²) in [6.45, 7) is 0. The molecule has 3 aromatic heterocycles. The molecule has 0 amide bonds. The van der Waals surface area contributed by atoms with Gasteiger partial charge in [0.1, 0.15) is 5.69 Å². The summed E-state index contributed by atoms with van der Waals surface area (Å²) in [5.74, 6) is 0.689. The van der Waals surface area contributed by atoms with Crippen molar-refractivity contribution < 1.29 is 0 Å². The monoisotopic (exact) mass is 702 g/mol. The Morgan fingerprint density at radius 3 is 1.42 bits per heavy atom. The van der Waals surface area contributed by atoms with Gasteiger partial charge in [0.25, 0.3) is 0 Å². The van der Waals surface area contributed by atoms with Gasteiger partial charge in [0.05, 0.1) is 22.6 Å². The molecule has 0 radical (unpaired) electrons. The third-order valence-electron chi connectivity index (χ3n) is 10.2. The van der Waals surface area contributed by atoms with E-state index in [1.54, 1.807) is 0 Å². The Kier molecular flexibility index (Phi) is 8.12. The minimum Gasteiger partial charge on any atom is -0.231 e. The van der Waals surface area contributed by atoms with E-state index in [-0.39, 0.29) is 0 Å². The molecule has 0 unspecified atom stereocenters. The Hall–Kier alpha value is -7.43. The van der Waals surface area contributed by atoms with E-state index in [1.807, 2.05) is 36.4 Å². The second-order valence-electron chi connectivity index (χ2n) is 13.7. The van der Waals surface area contributed by atoms with Gasteiger partial charge in [0.15, 0.2) is 5.82 Å². The van der Waals surface area contributed by atoms with E-state index in [0.717, 1.165) is 89.1 Å². The maximum absolute atomic E-state index is 5.44. The number of hydrogen-bond acceptors (Lipinski definition) is 3. The Morgan fingerprint density at radius 2 is 0.855 bits per heavy atom. The van der Waals surface area contributed by atoms with Crippen molar-refractivity contribution >= 4 is 16.3 Å². The number of nitrogens with zero attached hydrogens (tertiary/aromatic N) is 4. The first-order chi connectivity index (χ1) is 27.3. The van der Waals surface area contributed by atoms with E-state index in [9.17, 15) is 0 Å². The SMILES string of the molecule is c1ccc(-c2cc(-c3ccccc3)nc(-c3ccc(-c4cccc5cc(-c6ccccc6)n6nc(-c7ccccc7)c(-c7ccccc7)c6c45)cc3)n2)cc1. The van der Waals surface area contributed by atoms with Crippen LogP contribution in [0.2, 0.25) is 0 Å². The van der Waals surface area contributed by atoms with Gasteiger partial charge in [0.2, 0.25) is 0 Å². The largest absolute Gasteiger partial charge is 0.231 e. The molecule has 0 fully saturated rings. The molecule has 0 aliphatic carbocycles. The van der Waals surface area contributed by atoms with E-state index >= 15 is 0 Å². The fourth-order valence-electron chi connectivity index (χ4n) is 7.61. The summed E-state index contributed by atoms with van der Waals surface area (Å²) < 4.78 is 2.16. The summed E-state index contributed by atoms with van der Waals surface area (Å²) in [4.78, 5) is 10.2. The quantitative estimate of drug-likeness (QED) is 0.166. The summed E-state index contributed by atoms with van der Waals surface area (Å²) in [7, 11) is 0. The van der Waals surface area contributed by atoms with Crippen LogP contribution in [0.15, 0.2) is 206 Å². The predicted octanol–water partition coefficient (Wildman–Crippen LogP) is 12.9. The van der Waals surface area contributed by atoms with Crippen molar-refractivity contribution in [2.45, 2.75) is 0 Å². The van der Waals surface area contributed by atoms with Crippen molar-refractivity contribution in [3.05, 3.63) is 206 Å². The smallest absolute Gasteiger partial charge is 0.160 e. The van der Waals surface area contributed by atoms with Crippen molar-refractivity contribution in [3.8, 4) is 78.7 Å². The van der Waals surface area contributed by atoms with Crippen LogP contribution in [0.4, 0.5) is 0 Å². The number of hydrogen-bond donors (Lipinski definition) is 0. The molecule has 0 spiro atoms. The molecule has 0 saturated carbocycles. The van der Waals surface area contributed by atoms with Gasteiger partial charge in [0, 0.05) is 38.8 Å². The average molecular weight is 703 g/mol. The van der Waals surface area contributed by atoms with E-state index in [4.69, 9.17) is 15.1 Å². The lowest BCUT2D eigenvalue weighted by atomic mass is 9.92. The highest BCUT2D eigenvalue weighted by Crippen LogP contribution is 2.44. The van der Waals surface area contributed by atoms with Gasteiger partial charge in [-0.3, -0.25) is 0 Å². The van der Waals surface area contributed by atoms with E-state index in [2.05, 4.69) is 174 Å². The van der Waals surface area contributed by atoms with Gasteiger partial charge in [-0.05, 0) is 34.2 Å². The molecule has 10 rings (SSSR count). The van der Waals surface area contributed by atoms with Crippen LogP contribution < -0.4 is 0 Å². The van der Waals surface area contributed by atoms with Crippen molar-refractivity contribution in [2.75, 3.05) is 0 Å². The molecule has 0 N–H and O–H groups in total. The highest BCUT2D eigenvalue weighted by atomic mass is 15.2. The molecule has 258 valence electrons. The predicted molar refractivity (Wildman–Crippen MR) is 226 cm³/mol. The molecule has 55 heavy (non-hydrogen) atoms. The Bertz CT molecular complexity index is 2870. The maximum atomic E-state index is 5.44. The highest BCUT2D eigenvalue weighted by molar-refractivity contribution is 6.14. The molecule has 10 aromatic rings. The standard InChI is InChI=1S/C51H34N4/c1-6-17-36(18-7-1)44-34-45(37-19-8-2-9-20-37)53-51(52-44)41-31-29-35(30-32-41)43-28-16-27-42-33-46(38-21-10-3-11-22-38)55-50(47(42)43)48(39-23-12-4-13-24-39)49(54-55)40-25-14-5-15-26-40/h1-34H. The lowest BCUT2D eigenvalue weighted by molar-refractivity contribution is 0.980. The highest BCUT2D eigenvalue weighted by Gasteiger charge is 2.23. The lowest BCUT2D eigenvalue weighted by Crippen LogP contribution is -1.97. The van der Waals surface area contributed by atoms with Crippen LogP contribution in [0.1, 0.15) is 0 Å². The number of rotatable bonds is 7. The lowest BCUT2D eigenvalue weighted by Gasteiger charge is -2.15. The first-order valence-electron chi connectivity index (χ1n) is 18.5. The van der Waals surface area contributed by atoms with Gasteiger partial charge >= 0.3 is 0 Å². The van der Waals surface area contributed by atoms with Gasteiger partial charge in [-0.2, -0.15) is 5.10 Å². The number of benzene rings is 7. The average Bonchev–Trinajstić information content (AvgIpc) is 3.68. The van der Waals surface area contributed by atoms with Crippen molar-refractivity contribution in [2.24, 2.45) is 0 Å². The molecule has 4 heteroatoms. The molecule has 0 saturated heterocycles. The van der Waals surface area contributed by atoms with Crippen molar-refractivity contribution in [1.29, 1.82) is 0 Å². The minimum absolute atomic E-state index is 0.689. The van der Waals surface area contributed by atoms with Gasteiger partial charge < -0.3 is 0 Å². The zero-order valence-electron chi connectivity index (χ0n) is 29.9. The van der Waals surface area contributed by atoms with Crippen LogP contribution in [0.5, 0.6) is 0 Å². The van der Waals surface area contributed by atoms with Gasteiger partial charge in [-0.1, -0.05) is 194 Å². The van der Waals surface area contributed by atoms with Crippen LogP contribution in [-0.4, -0.2) is 19.6 Å². The van der Waals surface area contributed by atoms with Crippen LogP contribution in [0, 0.1) is 0 Å². The van der Waals surface area contributed by atoms with Crippen molar-refractivity contribution in [3.63, 3.8) is 0 Å². The molecule has 0 aliphatic rings. The van der Waals surface area contributed by atoms with E-state index < -0.39 is 0 Å². The molecule has 0 aliphatic heterocycles. The first-order valence-corrected chi connectivity index (χ1v) is 18.5. The van der Waals surface area contributed by atoms with Gasteiger partial charge in [-0.15, -0.1) is 0 Å². The second kappa shape index (κ2) is 13.8.